The summed E-state index contributed by atoms with van der Waals surface area (Å²) in [5.41, 5.74) is 16.6. The molecule has 3 aromatic heterocycles. The Hall–Kier alpha value is -6.84. The Morgan fingerprint density at radius 2 is 1.02 bits per heavy atom. The molecule has 1 aliphatic carbocycles. The number of aromatic nitrogens is 2. The van der Waals surface area contributed by atoms with Crippen molar-refractivity contribution < 1.29 is 4.42 Å². The summed E-state index contributed by atoms with van der Waals surface area (Å²) < 4.78 is 11.2. The summed E-state index contributed by atoms with van der Waals surface area (Å²) in [6.07, 6.45) is 0. The fourth-order valence-electron chi connectivity index (χ4n) is 9.68. The zero-order valence-electron chi connectivity index (χ0n) is 30.0. The molecule has 0 saturated heterocycles. The number of rotatable bonds is 3. The lowest BCUT2D eigenvalue weighted by Gasteiger charge is -2.23. The standard InChI is InChI=1S/C51H34N2O/c1-51(2)42-30-34(22-24-35(42)39-25-27-48-49(50(39)51)40-16-8-11-19-47(40)54-48)53-43-17-9-6-14-36(43)38-23-20-32(29-46(38)53)31-21-26-45-41(28-31)37-15-7-10-18-44(37)52(45)33-12-4-3-5-13-33/h3-30H,1-2H3. The van der Waals surface area contributed by atoms with Crippen molar-refractivity contribution in [2.75, 3.05) is 0 Å². The highest BCUT2D eigenvalue weighted by Crippen LogP contribution is 2.53. The Kier molecular flexibility index (Phi) is 5.84. The van der Waals surface area contributed by atoms with E-state index < -0.39 is 0 Å². The van der Waals surface area contributed by atoms with Gasteiger partial charge >= 0.3 is 0 Å². The third kappa shape index (κ3) is 3.91. The van der Waals surface area contributed by atoms with Crippen LogP contribution in [0.1, 0.15) is 25.0 Å². The summed E-state index contributed by atoms with van der Waals surface area (Å²) in [5, 5.41) is 7.45. The lowest BCUT2D eigenvalue weighted by atomic mass is 9.80. The fraction of sp³-hybridized carbons (Fsp3) is 0.0588. The van der Waals surface area contributed by atoms with Crippen LogP contribution in [0.4, 0.5) is 0 Å². The van der Waals surface area contributed by atoms with E-state index in [4.69, 9.17) is 4.42 Å². The van der Waals surface area contributed by atoms with Crippen molar-refractivity contribution in [1.29, 1.82) is 0 Å². The van der Waals surface area contributed by atoms with Crippen LogP contribution in [0.2, 0.25) is 0 Å². The molecule has 3 nitrogen and oxygen atoms in total. The van der Waals surface area contributed by atoms with Crippen molar-refractivity contribution in [1.82, 2.24) is 9.13 Å². The monoisotopic (exact) mass is 690 g/mol. The summed E-state index contributed by atoms with van der Waals surface area (Å²) in [4.78, 5) is 0. The quantitative estimate of drug-likeness (QED) is 0.181. The fourth-order valence-corrected chi connectivity index (χ4v) is 9.68. The number of furan rings is 1. The third-order valence-electron chi connectivity index (χ3n) is 12.1. The molecule has 0 spiro atoms. The highest BCUT2D eigenvalue weighted by atomic mass is 16.3. The predicted molar refractivity (Wildman–Crippen MR) is 225 cm³/mol. The number of fused-ring (bicyclic) bond motifs is 13. The lowest BCUT2D eigenvalue weighted by Crippen LogP contribution is -2.15. The van der Waals surface area contributed by atoms with E-state index in [0.29, 0.717) is 0 Å². The summed E-state index contributed by atoms with van der Waals surface area (Å²) in [7, 11) is 0. The van der Waals surface area contributed by atoms with Crippen LogP contribution in [0.5, 0.6) is 0 Å². The van der Waals surface area contributed by atoms with Gasteiger partial charge in [0.15, 0.2) is 0 Å². The first-order valence-electron chi connectivity index (χ1n) is 18.8. The van der Waals surface area contributed by atoms with Gasteiger partial charge in [-0.05, 0) is 100 Å². The van der Waals surface area contributed by atoms with Crippen molar-refractivity contribution in [3.63, 3.8) is 0 Å². The molecule has 254 valence electrons. The predicted octanol–water partition coefficient (Wildman–Crippen LogP) is 13.8. The molecule has 0 bridgehead atoms. The number of hydrogen-bond acceptors (Lipinski definition) is 1. The van der Waals surface area contributed by atoms with Gasteiger partial charge in [-0.3, -0.25) is 0 Å². The zero-order chi connectivity index (χ0) is 35.7. The van der Waals surface area contributed by atoms with Crippen molar-refractivity contribution >= 4 is 65.6 Å². The molecule has 0 saturated carbocycles. The highest BCUT2D eigenvalue weighted by molar-refractivity contribution is 6.13. The molecular weight excluding hydrogens is 657 g/mol. The largest absolute Gasteiger partial charge is 0.456 e. The van der Waals surface area contributed by atoms with Crippen molar-refractivity contribution in [3.05, 3.63) is 181 Å². The molecule has 8 aromatic carbocycles. The highest BCUT2D eigenvalue weighted by Gasteiger charge is 2.38. The van der Waals surface area contributed by atoms with Crippen LogP contribution < -0.4 is 0 Å². The first kappa shape index (κ1) is 29.7. The van der Waals surface area contributed by atoms with Gasteiger partial charge in [0.2, 0.25) is 0 Å². The Labute approximate surface area is 311 Å². The molecule has 0 amide bonds. The second kappa shape index (κ2) is 10.6. The van der Waals surface area contributed by atoms with Gasteiger partial charge in [0, 0.05) is 49.1 Å². The van der Waals surface area contributed by atoms with Gasteiger partial charge in [0.25, 0.3) is 0 Å². The Bertz CT molecular complexity index is 3350. The summed E-state index contributed by atoms with van der Waals surface area (Å²) in [6.45, 7) is 4.75. The van der Waals surface area contributed by atoms with Crippen molar-refractivity contribution in [2.24, 2.45) is 0 Å². The number of nitrogens with zero attached hydrogens (tertiary/aromatic N) is 2. The van der Waals surface area contributed by atoms with Gasteiger partial charge in [-0.25, -0.2) is 0 Å². The van der Waals surface area contributed by atoms with Crippen LogP contribution in [-0.2, 0) is 5.41 Å². The van der Waals surface area contributed by atoms with E-state index in [1.807, 2.05) is 0 Å². The molecule has 0 atom stereocenters. The molecule has 0 unspecified atom stereocenters. The number of benzene rings is 8. The van der Waals surface area contributed by atoms with Crippen molar-refractivity contribution in [3.8, 4) is 33.6 Å². The lowest BCUT2D eigenvalue weighted by molar-refractivity contribution is 0.656. The summed E-state index contributed by atoms with van der Waals surface area (Å²) in [6, 6.07) is 62.1. The maximum atomic E-state index is 6.36. The van der Waals surface area contributed by atoms with Crippen LogP contribution >= 0.6 is 0 Å². The minimum absolute atomic E-state index is 0.217. The maximum Gasteiger partial charge on any atom is 0.135 e. The molecule has 0 radical (unpaired) electrons. The Morgan fingerprint density at radius 1 is 0.407 bits per heavy atom. The van der Waals surface area contributed by atoms with Crippen LogP contribution in [0.25, 0.3) is 99.2 Å². The second-order valence-electron chi connectivity index (χ2n) is 15.3. The van der Waals surface area contributed by atoms with Gasteiger partial charge in [-0.1, -0.05) is 117 Å². The van der Waals surface area contributed by atoms with E-state index in [1.165, 1.54) is 99.1 Å². The molecule has 54 heavy (non-hydrogen) atoms. The van der Waals surface area contributed by atoms with Crippen LogP contribution in [0.15, 0.2) is 174 Å². The normalized spacial score (nSPS) is 13.5. The Morgan fingerprint density at radius 3 is 1.83 bits per heavy atom. The third-order valence-corrected chi connectivity index (χ3v) is 12.1. The van der Waals surface area contributed by atoms with E-state index in [0.717, 1.165) is 11.2 Å². The van der Waals surface area contributed by atoms with Crippen LogP contribution in [-0.4, -0.2) is 9.13 Å². The molecular formula is C51H34N2O. The van der Waals surface area contributed by atoms with Gasteiger partial charge < -0.3 is 13.6 Å². The van der Waals surface area contributed by atoms with E-state index in [2.05, 4.69) is 193 Å². The van der Waals surface area contributed by atoms with Crippen LogP contribution in [0.3, 0.4) is 0 Å². The van der Waals surface area contributed by atoms with E-state index in [-0.39, 0.29) is 5.41 Å². The summed E-state index contributed by atoms with van der Waals surface area (Å²) in [5.74, 6) is 0. The van der Waals surface area contributed by atoms with E-state index in [1.54, 1.807) is 0 Å². The molecule has 3 heteroatoms. The molecule has 0 aliphatic heterocycles. The molecule has 0 fully saturated rings. The average molecular weight is 691 g/mol. The SMILES string of the molecule is CC1(C)c2cc(-n3c4ccccc4c4ccc(-c5ccc6c(c5)c5ccccc5n6-c5ccccc5)cc43)ccc2-c2ccc3oc4ccccc4c3c21. The molecule has 12 rings (SSSR count). The van der Waals surface area contributed by atoms with Crippen molar-refractivity contribution in [2.45, 2.75) is 19.3 Å². The first-order chi connectivity index (χ1) is 26.5. The maximum absolute atomic E-state index is 6.36. The number of hydrogen-bond donors (Lipinski definition) is 0. The van der Waals surface area contributed by atoms with Gasteiger partial charge in [-0.15, -0.1) is 0 Å². The first-order valence-corrected chi connectivity index (χ1v) is 18.8. The van der Waals surface area contributed by atoms with Gasteiger partial charge in [0.1, 0.15) is 11.2 Å². The van der Waals surface area contributed by atoms with E-state index in [9.17, 15) is 0 Å². The minimum atomic E-state index is -0.217. The minimum Gasteiger partial charge on any atom is -0.456 e. The Balaban J connectivity index is 1.05. The van der Waals surface area contributed by atoms with Gasteiger partial charge in [-0.2, -0.15) is 0 Å². The molecule has 3 heterocycles. The average Bonchev–Trinajstić information content (AvgIpc) is 3.92. The van der Waals surface area contributed by atoms with Gasteiger partial charge in [0.05, 0.1) is 22.1 Å². The smallest absolute Gasteiger partial charge is 0.135 e. The summed E-state index contributed by atoms with van der Waals surface area (Å²) >= 11 is 0. The van der Waals surface area contributed by atoms with Crippen LogP contribution in [0, 0.1) is 0 Å². The van der Waals surface area contributed by atoms with E-state index >= 15 is 0 Å². The zero-order valence-corrected chi connectivity index (χ0v) is 30.0. The topological polar surface area (TPSA) is 23.0 Å². The molecule has 0 N–H and O–H groups in total. The molecule has 1 aliphatic rings. The second-order valence-corrected chi connectivity index (χ2v) is 15.3. The number of para-hydroxylation sites is 4. The molecule has 11 aromatic rings.